The van der Waals surface area contributed by atoms with Crippen molar-refractivity contribution in [3.05, 3.63) is 59.2 Å². The average molecular weight is 282 g/mol. The van der Waals surface area contributed by atoms with E-state index in [2.05, 4.69) is 6.07 Å². The second-order valence-electron chi connectivity index (χ2n) is 4.79. The molecular formula is C17H18N2O2. The first-order valence-electron chi connectivity index (χ1n) is 6.69. The number of ether oxygens (including phenoxy) is 2. The van der Waals surface area contributed by atoms with Crippen molar-refractivity contribution in [1.82, 2.24) is 0 Å². The fraction of sp³-hybridized carbons (Fsp3) is 0.235. The van der Waals surface area contributed by atoms with Crippen LogP contribution in [-0.2, 0) is 6.61 Å². The van der Waals surface area contributed by atoms with Crippen molar-refractivity contribution in [1.29, 1.82) is 5.26 Å². The highest BCUT2D eigenvalue weighted by Crippen LogP contribution is 2.23. The molecule has 0 saturated heterocycles. The number of hydrogen-bond donors (Lipinski definition) is 1. The van der Waals surface area contributed by atoms with E-state index < -0.39 is 0 Å². The Morgan fingerprint density at radius 3 is 2.71 bits per heavy atom. The first kappa shape index (κ1) is 14.9. The molecule has 0 bridgehead atoms. The van der Waals surface area contributed by atoms with E-state index in [0.29, 0.717) is 17.9 Å². The molecule has 0 heterocycles. The normalized spacial score (nSPS) is 11.5. The summed E-state index contributed by atoms with van der Waals surface area (Å²) < 4.78 is 11.1. The lowest BCUT2D eigenvalue weighted by Crippen LogP contribution is -2.05. The number of benzene rings is 2. The predicted octanol–water partition coefficient (Wildman–Crippen LogP) is 3.17. The SMILES string of the molecule is COc1ccc(C#N)cc1COc1cccc([C@@H](C)N)c1. The zero-order chi connectivity index (χ0) is 15.2. The highest BCUT2D eigenvalue weighted by molar-refractivity contribution is 5.42. The maximum atomic E-state index is 8.96. The van der Waals surface area contributed by atoms with Gasteiger partial charge >= 0.3 is 0 Å². The van der Waals surface area contributed by atoms with Crippen LogP contribution in [-0.4, -0.2) is 7.11 Å². The molecule has 0 aromatic heterocycles. The van der Waals surface area contributed by atoms with Gasteiger partial charge in [0, 0.05) is 11.6 Å². The van der Waals surface area contributed by atoms with Gasteiger partial charge in [0.2, 0.25) is 0 Å². The summed E-state index contributed by atoms with van der Waals surface area (Å²) in [5.41, 5.74) is 8.30. The zero-order valence-electron chi connectivity index (χ0n) is 12.2. The molecular weight excluding hydrogens is 264 g/mol. The molecule has 2 aromatic carbocycles. The minimum atomic E-state index is -0.0370. The number of nitriles is 1. The van der Waals surface area contributed by atoms with E-state index in [1.165, 1.54) is 0 Å². The van der Waals surface area contributed by atoms with Crippen molar-refractivity contribution in [2.75, 3.05) is 7.11 Å². The molecule has 2 rings (SSSR count). The van der Waals surface area contributed by atoms with Gasteiger partial charge in [-0.3, -0.25) is 0 Å². The monoisotopic (exact) mass is 282 g/mol. The second-order valence-corrected chi connectivity index (χ2v) is 4.79. The van der Waals surface area contributed by atoms with Crippen LogP contribution >= 0.6 is 0 Å². The standard InChI is InChI=1S/C17H18N2O2/c1-12(19)14-4-3-5-16(9-14)21-11-15-8-13(10-18)6-7-17(15)20-2/h3-9,12H,11,19H2,1-2H3/t12-/m1/s1. The summed E-state index contributed by atoms with van der Waals surface area (Å²) in [7, 11) is 1.60. The number of nitrogens with two attached hydrogens (primary N) is 1. The summed E-state index contributed by atoms with van der Waals surface area (Å²) in [5, 5.41) is 8.96. The topological polar surface area (TPSA) is 68.3 Å². The predicted molar refractivity (Wildman–Crippen MR) is 81.1 cm³/mol. The molecule has 0 aliphatic rings. The molecule has 108 valence electrons. The van der Waals surface area contributed by atoms with Gasteiger partial charge in [-0.05, 0) is 42.8 Å². The fourth-order valence-electron chi connectivity index (χ4n) is 2.01. The lowest BCUT2D eigenvalue weighted by atomic mass is 10.1. The third-order valence-corrected chi connectivity index (χ3v) is 3.19. The van der Waals surface area contributed by atoms with Crippen LogP contribution in [0.5, 0.6) is 11.5 Å². The Kier molecular flexibility index (Phi) is 4.81. The molecule has 2 N–H and O–H groups in total. The third kappa shape index (κ3) is 3.74. The van der Waals surface area contributed by atoms with E-state index in [0.717, 1.165) is 16.9 Å². The number of methoxy groups -OCH3 is 1. The van der Waals surface area contributed by atoms with E-state index in [4.69, 9.17) is 20.5 Å². The summed E-state index contributed by atoms with van der Waals surface area (Å²) in [5.74, 6) is 1.45. The quantitative estimate of drug-likeness (QED) is 0.914. The van der Waals surface area contributed by atoms with Crippen molar-refractivity contribution in [3.8, 4) is 17.6 Å². The van der Waals surface area contributed by atoms with Gasteiger partial charge in [0.15, 0.2) is 0 Å². The summed E-state index contributed by atoms with van der Waals surface area (Å²) in [6, 6.07) is 15.0. The Morgan fingerprint density at radius 2 is 2.05 bits per heavy atom. The van der Waals surface area contributed by atoms with Gasteiger partial charge < -0.3 is 15.2 Å². The van der Waals surface area contributed by atoms with E-state index in [1.54, 1.807) is 25.3 Å². The first-order valence-corrected chi connectivity index (χ1v) is 6.69. The lowest BCUT2D eigenvalue weighted by molar-refractivity contribution is 0.296. The molecule has 1 atom stereocenters. The number of rotatable bonds is 5. The van der Waals surface area contributed by atoms with E-state index in [9.17, 15) is 0 Å². The van der Waals surface area contributed by atoms with E-state index in [1.807, 2.05) is 31.2 Å². The smallest absolute Gasteiger partial charge is 0.125 e. The van der Waals surface area contributed by atoms with E-state index >= 15 is 0 Å². The molecule has 0 fully saturated rings. The molecule has 0 aliphatic heterocycles. The molecule has 0 saturated carbocycles. The summed E-state index contributed by atoms with van der Waals surface area (Å²) in [6.45, 7) is 2.26. The molecule has 0 unspecified atom stereocenters. The Morgan fingerprint density at radius 1 is 1.24 bits per heavy atom. The number of nitrogens with zero attached hydrogens (tertiary/aromatic N) is 1. The maximum Gasteiger partial charge on any atom is 0.125 e. The minimum Gasteiger partial charge on any atom is -0.496 e. The molecule has 2 aromatic rings. The molecule has 21 heavy (non-hydrogen) atoms. The van der Waals surface area contributed by atoms with Crippen LogP contribution in [0.25, 0.3) is 0 Å². The second kappa shape index (κ2) is 6.78. The Hall–Kier alpha value is -2.51. The highest BCUT2D eigenvalue weighted by atomic mass is 16.5. The van der Waals surface area contributed by atoms with Crippen LogP contribution in [0, 0.1) is 11.3 Å². The molecule has 0 amide bonds. The summed E-state index contributed by atoms with van der Waals surface area (Å²) in [4.78, 5) is 0. The average Bonchev–Trinajstić information content (AvgIpc) is 2.52. The fourth-order valence-corrected chi connectivity index (χ4v) is 2.01. The van der Waals surface area contributed by atoms with Crippen LogP contribution in [0.15, 0.2) is 42.5 Å². The van der Waals surface area contributed by atoms with Gasteiger partial charge in [-0.15, -0.1) is 0 Å². The van der Waals surface area contributed by atoms with Crippen molar-refractivity contribution in [3.63, 3.8) is 0 Å². The third-order valence-electron chi connectivity index (χ3n) is 3.19. The van der Waals surface area contributed by atoms with Crippen molar-refractivity contribution < 1.29 is 9.47 Å². The zero-order valence-corrected chi connectivity index (χ0v) is 12.2. The van der Waals surface area contributed by atoms with Gasteiger partial charge in [-0.1, -0.05) is 12.1 Å². The lowest BCUT2D eigenvalue weighted by Gasteiger charge is -2.12. The Labute approximate surface area is 124 Å². The van der Waals surface area contributed by atoms with Gasteiger partial charge in [-0.25, -0.2) is 0 Å². The molecule has 0 spiro atoms. The van der Waals surface area contributed by atoms with Gasteiger partial charge in [0.1, 0.15) is 18.1 Å². The van der Waals surface area contributed by atoms with Crippen LogP contribution in [0.3, 0.4) is 0 Å². The summed E-state index contributed by atoms with van der Waals surface area (Å²) >= 11 is 0. The highest BCUT2D eigenvalue weighted by Gasteiger charge is 2.07. The van der Waals surface area contributed by atoms with Crippen LogP contribution in [0.4, 0.5) is 0 Å². The molecule has 0 radical (unpaired) electrons. The largest absolute Gasteiger partial charge is 0.496 e. The summed E-state index contributed by atoms with van der Waals surface area (Å²) in [6.07, 6.45) is 0. The van der Waals surface area contributed by atoms with Crippen LogP contribution < -0.4 is 15.2 Å². The van der Waals surface area contributed by atoms with E-state index in [-0.39, 0.29) is 6.04 Å². The van der Waals surface area contributed by atoms with Gasteiger partial charge in [-0.2, -0.15) is 5.26 Å². The van der Waals surface area contributed by atoms with Gasteiger partial charge in [0.05, 0.1) is 18.7 Å². The number of hydrogen-bond acceptors (Lipinski definition) is 4. The molecule has 0 aliphatic carbocycles. The minimum absolute atomic E-state index is 0.0370. The van der Waals surface area contributed by atoms with Crippen molar-refractivity contribution >= 4 is 0 Å². The Bertz CT molecular complexity index is 660. The molecule has 4 heteroatoms. The molecule has 4 nitrogen and oxygen atoms in total. The van der Waals surface area contributed by atoms with Crippen LogP contribution in [0.1, 0.15) is 29.7 Å². The Balaban J connectivity index is 2.16. The maximum absolute atomic E-state index is 8.96. The van der Waals surface area contributed by atoms with Crippen LogP contribution in [0.2, 0.25) is 0 Å². The first-order chi connectivity index (χ1) is 10.1. The van der Waals surface area contributed by atoms with Crippen molar-refractivity contribution in [2.24, 2.45) is 5.73 Å². The van der Waals surface area contributed by atoms with Crippen molar-refractivity contribution in [2.45, 2.75) is 19.6 Å². The van der Waals surface area contributed by atoms with Gasteiger partial charge in [0.25, 0.3) is 0 Å².